The van der Waals surface area contributed by atoms with E-state index in [1.54, 1.807) is 14.2 Å². The van der Waals surface area contributed by atoms with Gasteiger partial charge >= 0.3 is 0 Å². The summed E-state index contributed by atoms with van der Waals surface area (Å²) in [4.78, 5) is 6.69. The van der Waals surface area contributed by atoms with Gasteiger partial charge in [-0.1, -0.05) is 0 Å². The van der Waals surface area contributed by atoms with Gasteiger partial charge in [-0.15, -0.1) is 24.0 Å². The summed E-state index contributed by atoms with van der Waals surface area (Å²) in [5, 5.41) is 6.61. The van der Waals surface area contributed by atoms with Gasteiger partial charge in [-0.3, -0.25) is 4.99 Å². The van der Waals surface area contributed by atoms with Crippen LogP contribution in [0.15, 0.2) is 23.2 Å². The summed E-state index contributed by atoms with van der Waals surface area (Å²) < 4.78 is 31.9. The van der Waals surface area contributed by atoms with Crippen molar-refractivity contribution < 1.29 is 13.5 Å². The Morgan fingerprint density at radius 3 is 2.70 bits per heavy atom. The number of hydrogen-bond acceptors (Lipinski definition) is 3. The maximum absolute atomic E-state index is 13.6. The third-order valence-corrected chi connectivity index (χ3v) is 4.67. The Balaban J connectivity index is 0.00000364. The lowest BCUT2D eigenvalue weighted by Gasteiger charge is -2.33. The average Bonchev–Trinajstić information content (AvgIpc) is 2.65. The molecule has 1 heterocycles. The Labute approximate surface area is 178 Å². The van der Waals surface area contributed by atoms with Crippen LogP contribution in [0.5, 0.6) is 0 Å². The van der Waals surface area contributed by atoms with Gasteiger partial charge in [-0.2, -0.15) is 0 Å². The molecule has 5 nitrogen and oxygen atoms in total. The Bertz CT molecular complexity index is 581. The van der Waals surface area contributed by atoms with Crippen molar-refractivity contribution in [2.24, 2.45) is 4.99 Å². The molecule has 1 saturated heterocycles. The highest BCUT2D eigenvalue weighted by atomic mass is 127. The zero-order valence-corrected chi connectivity index (χ0v) is 18.5. The lowest BCUT2D eigenvalue weighted by Crippen LogP contribution is -2.49. The van der Waals surface area contributed by atoms with Gasteiger partial charge in [0.25, 0.3) is 0 Å². The number of methoxy groups -OCH3 is 1. The van der Waals surface area contributed by atoms with E-state index >= 15 is 0 Å². The zero-order valence-electron chi connectivity index (χ0n) is 16.1. The number of rotatable bonds is 8. The van der Waals surface area contributed by atoms with E-state index < -0.39 is 5.82 Å². The summed E-state index contributed by atoms with van der Waals surface area (Å²) in [6.45, 7) is 4.50. The molecule has 0 aromatic heterocycles. The Hall–Kier alpha value is -1.00. The number of guanidine groups is 1. The van der Waals surface area contributed by atoms with Crippen molar-refractivity contribution >= 4 is 29.9 Å². The molecule has 1 aliphatic rings. The molecule has 1 aromatic rings. The van der Waals surface area contributed by atoms with E-state index in [2.05, 4.69) is 20.5 Å². The molecule has 27 heavy (non-hydrogen) atoms. The van der Waals surface area contributed by atoms with E-state index in [-0.39, 0.29) is 29.8 Å². The molecular weight excluding hydrogens is 465 g/mol. The Kier molecular flexibility index (Phi) is 11.8. The van der Waals surface area contributed by atoms with Crippen LogP contribution in [-0.4, -0.2) is 63.8 Å². The monoisotopic (exact) mass is 496 g/mol. The van der Waals surface area contributed by atoms with Crippen molar-refractivity contribution in [1.29, 1.82) is 0 Å². The molecule has 8 heteroatoms. The van der Waals surface area contributed by atoms with Crippen molar-refractivity contribution in [3.05, 3.63) is 35.4 Å². The van der Waals surface area contributed by atoms with Gasteiger partial charge in [0.15, 0.2) is 5.96 Å². The minimum atomic E-state index is -0.416. The van der Waals surface area contributed by atoms with E-state index in [1.165, 1.54) is 6.07 Å². The van der Waals surface area contributed by atoms with E-state index in [9.17, 15) is 8.78 Å². The number of likely N-dealkylation sites (tertiary alicyclic amines) is 1. The highest BCUT2D eigenvalue weighted by molar-refractivity contribution is 14.0. The van der Waals surface area contributed by atoms with Crippen molar-refractivity contribution in [2.45, 2.75) is 31.7 Å². The maximum atomic E-state index is 13.6. The van der Waals surface area contributed by atoms with Crippen LogP contribution in [0.25, 0.3) is 0 Å². The highest BCUT2D eigenvalue weighted by Crippen LogP contribution is 2.11. The van der Waals surface area contributed by atoms with E-state index in [0.29, 0.717) is 30.5 Å². The fourth-order valence-corrected chi connectivity index (χ4v) is 3.17. The van der Waals surface area contributed by atoms with Crippen LogP contribution in [0.3, 0.4) is 0 Å². The van der Waals surface area contributed by atoms with E-state index in [0.717, 1.165) is 57.6 Å². The molecule has 1 aliphatic heterocycles. The van der Waals surface area contributed by atoms with Crippen LogP contribution in [-0.2, 0) is 11.2 Å². The molecule has 2 N–H and O–H groups in total. The van der Waals surface area contributed by atoms with Crippen LogP contribution in [0.2, 0.25) is 0 Å². The lowest BCUT2D eigenvalue weighted by molar-refractivity contribution is 0.155. The molecule has 0 radical (unpaired) electrons. The molecule has 0 amide bonds. The molecule has 0 aliphatic carbocycles. The fraction of sp³-hybridized carbons (Fsp3) is 0.632. The maximum Gasteiger partial charge on any atom is 0.191 e. The minimum absolute atomic E-state index is 0. The average molecular weight is 496 g/mol. The summed E-state index contributed by atoms with van der Waals surface area (Å²) in [7, 11) is 3.45. The second-order valence-corrected chi connectivity index (χ2v) is 6.59. The van der Waals surface area contributed by atoms with E-state index in [1.807, 2.05) is 0 Å². The van der Waals surface area contributed by atoms with Crippen LogP contribution in [0.4, 0.5) is 8.78 Å². The predicted molar refractivity (Wildman–Crippen MR) is 116 cm³/mol. The highest BCUT2D eigenvalue weighted by Gasteiger charge is 2.19. The van der Waals surface area contributed by atoms with Gasteiger partial charge < -0.3 is 20.3 Å². The van der Waals surface area contributed by atoms with Gasteiger partial charge in [0, 0.05) is 53.0 Å². The Morgan fingerprint density at radius 2 is 2.04 bits per heavy atom. The number of nitrogens with zero attached hydrogens (tertiary/aromatic N) is 2. The number of ether oxygens (including phenoxy) is 1. The number of halogens is 3. The zero-order chi connectivity index (χ0) is 18.8. The van der Waals surface area contributed by atoms with Crippen molar-refractivity contribution in [1.82, 2.24) is 15.5 Å². The first-order chi connectivity index (χ1) is 12.6. The first-order valence-corrected chi connectivity index (χ1v) is 9.24. The van der Waals surface area contributed by atoms with Gasteiger partial charge in [-0.25, -0.2) is 8.78 Å². The summed E-state index contributed by atoms with van der Waals surface area (Å²) >= 11 is 0. The molecule has 0 saturated carbocycles. The number of piperidine rings is 1. The summed E-state index contributed by atoms with van der Waals surface area (Å²) in [6.07, 6.45) is 3.59. The first kappa shape index (κ1) is 24.0. The Morgan fingerprint density at radius 1 is 1.30 bits per heavy atom. The SMILES string of the molecule is CN=C(NCCc1cc(F)ccc1F)NC1CCN(CCCOC)CC1.I. The van der Waals surface area contributed by atoms with Crippen LogP contribution >= 0.6 is 24.0 Å². The van der Waals surface area contributed by atoms with Gasteiger partial charge in [0.05, 0.1) is 0 Å². The van der Waals surface area contributed by atoms with Crippen LogP contribution < -0.4 is 10.6 Å². The standard InChI is InChI=1S/C19H30F2N4O.HI/c1-22-19(23-9-6-15-14-16(20)4-5-18(15)21)24-17-7-11-25(12-8-17)10-3-13-26-2;/h4-5,14,17H,3,6-13H2,1-2H3,(H2,22,23,24);1H. The summed E-state index contributed by atoms with van der Waals surface area (Å²) in [5.41, 5.74) is 0.373. The third kappa shape index (κ3) is 8.69. The topological polar surface area (TPSA) is 48.9 Å². The molecule has 154 valence electrons. The molecule has 1 aromatic carbocycles. The van der Waals surface area contributed by atoms with Crippen LogP contribution in [0, 0.1) is 11.6 Å². The third-order valence-electron chi connectivity index (χ3n) is 4.67. The smallest absolute Gasteiger partial charge is 0.191 e. The van der Waals surface area contributed by atoms with Gasteiger partial charge in [0.1, 0.15) is 11.6 Å². The molecular formula is C19H31F2IN4O. The molecule has 0 unspecified atom stereocenters. The van der Waals surface area contributed by atoms with Gasteiger partial charge in [0.2, 0.25) is 0 Å². The van der Waals surface area contributed by atoms with E-state index in [4.69, 9.17) is 4.74 Å². The summed E-state index contributed by atoms with van der Waals surface area (Å²) in [6, 6.07) is 3.92. The molecule has 1 fully saturated rings. The number of benzene rings is 1. The molecule has 2 rings (SSSR count). The lowest BCUT2D eigenvalue weighted by atomic mass is 10.1. The first-order valence-electron chi connectivity index (χ1n) is 9.24. The predicted octanol–water partition coefficient (Wildman–Crippen LogP) is 2.79. The fourth-order valence-electron chi connectivity index (χ4n) is 3.17. The largest absolute Gasteiger partial charge is 0.385 e. The summed E-state index contributed by atoms with van der Waals surface area (Å²) in [5.74, 6) is -0.0854. The number of aliphatic imine (C=N–C) groups is 1. The van der Waals surface area contributed by atoms with Crippen LogP contribution in [0.1, 0.15) is 24.8 Å². The minimum Gasteiger partial charge on any atom is -0.385 e. The second-order valence-electron chi connectivity index (χ2n) is 6.59. The number of hydrogen-bond donors (Lipinski definition) is 2. The molecule has 0 spiro atoms. The quantitative estimate of drug-likeness (QED) is 0.252. The second kappa shape index (κ2) is 13.2. The normalized spacial score (nSPS) is 16.1. The van der Waals surface area contributed by atoms with Crippen molar-refractivity contribution in [2.75, 3.05) is 46.9 Å². The van der Waals surface area contributed by atoms with Crippen molar-refractivity contribution in [3.8, 4) is 0 Å². The number of nitrogens with one attached hydrogen (secondary N) is 2. The molecule has 0 atom stereocenters. The molecule has 0 bridgehead atoms. The van der Waals surface area contributed by atoms with Gasteiger partial charge in [-0.05, 0) is 49.4 Å². The van der Waals surface area contributed by atoms with Crippen molar-refractivity contribution in [3.63, 3.8) is 0 Å².